The first-order chi connectivity index (χ1) is 18.6. The predicted octanol–water partition coefficient (Wildman–Crippen LogP) is 5.15. The molecule has 0 aromatic heterocycles. The lowest BCUT2D eigenvalue weighted by Gasteiger charge is -2.36. The summed E-state index contributed by atoms with van der Waals surface area (Å²) in [6, 6.07) is 10.2. The van der Waals surface area contributed by atoms with Crippen LogP contribution in [-0.4, -0.2) is 72.3 Å². The fraction of sp³-hybridized carbons (Fsp3) is 0.533. The van der Waals surface area contributed by atoms with Crippen molar-refractivity contribution in [3.8, 4) is 16.9 Å². The Hall–Kier alpha value is -3.07. The Morgan fingerprint density at radius 2 is 1.74 bits per heavy atom. The topological polar surface area (TPSA) is 75.9 Å². The maximum Gasteiger partial charge on any atom is 0.258 e. The average molecular weight is 546 g/mol. The third-order valence-electron chi connectivity index (χ3n) is 8.20. The Balaban J connectivity index is 1.39. The largest absolute Gasteiger partial charge is 0.493 e. The summed E-state index contributed by atoms with van der Waals surface area (Å²) in [4.78, 5) is 28.3. The van der Waals surface area contributed by atoms with E-state index < -0.39 is 35.5 Å². The molecule has 2 heterocycles. The van der Waals surface area contributed by atoms with Crippen molar-refractivity contribution in [1.29, 1.82) is 0 Å². The first kappa shape index (κ1) is 28.9. The van der Waals surface area contributed by atoms with E-state index in [-0.39, 0.29) is 18.5 Å². The number of likely N-dealkylation sites (tertiary alicyclic amines) is 2. The van der Waals surface area contributed by atoms with E-state index in [4.69, 9.17) is 10.5 Å². The highest BCUT2D eigenvalue weighted by Gasteiger charge is 2.40. The number of carbonyl (C=O) groups is 2. The number of amides is 2. The predicted molar refractivity (Wildman–Crippen MR) is 144 cm³/mol. The van der Waals surface area contributed by atoms with Crippen LogP contribution in [0.5, 0.6) is 5.75 Å². The Kier molecular flexibility index (Phi) is 9.20. The molecule has 2 fully saturated rings. The number of piperidine rings is 1. The Morgan fingerprint density at radius 3 is 2.36 bits per heavy atom. The lowest BCUT2D eigenvalue weighted by molar-refractivity contribution is -0.121. The summed E-state index contributed by atoms with van der Waals surface area (Å²) in [5.74, 6) is -1.30. The van der Waals surface area contributed by atoms with Gasteiger partial charge in [0.15, 0.2) is 0 Å². The first-order valence-corrected chi connectivity index (χ1v) is 13.8. The van der Waals surface area contributed by atoms with Crippen LogP contribution in [0.2, 0.25) is 0 Å². The van der Waals surface area contributed by atoms with Crippen molar-refractivity contribution in [2.75, 3.05) is 32.8 Å². The summed E-state index contributed by atoms with van der Waals surface area (Å²) in [7, 11) is 0. The number of nitrogens with two attached hydrogens (primary N) is 1. The highest BCUT2D eigenvalue weighted by atomic mass is 19.1. The molecule has 2 aromatic carbocycles. The molecule has 39 heavy (non-hydrogen) atoms. The van der Waals surface area contributed by atoms with Crippen LogP contribution in [-0.2, 0) is 4.79 Å². The van der Waals surface area contributed by atoms with Gasteiger partial charge in [-0.15, -0.1) is 0 Å². The van der Waals surface area contributed by atoms with Gasteiger partial charge in [0, 0.05) is 13.0 Å². The van der Waals surface area contributed by atoms with Gasteiger partial charge in [0.25, 0.3) is 5.91 Å². The van der Waals surface area contributed by atoms with Gasteiger partial charge in [-0.25, -0.2) is 13.2 Å². The molecule has 2 aliphatic heterocycles. The molecule has 0 unspecified atom stereocenters. The number of benzene rings is 2. The van der Waals surface area contributed by atoms with Gasteiger partial charge in [0.2, 0.25) is 5.91 Å². The van der Waals surface area contributed by atoms with Crippen molar-refractivity contribution in [2.24, 2.45) is 11.7 Å². The molecule has 2 atom stereocenters. The summed E-state index contributed by atoms with van der Waals surface area (Å²) in [5, 5.41) is 0. The van der Waals surface area contributed by atoms with E-state index in [2.05, 4.69) is 4.90 Å². The minimum Gasteiger partial charge on any atom is -0.493 e. The van der Waals surface area contributed by atoms with Gasteiger partial charge in [-0.3, -0.25) is 9.59 Å². The number of hydrogen-bond donors (Lipinski definition) is 1. The van der Waals surface area contributed by atoms with Crippen LogP contribution in [0.1, 0.15) is 56.3 Å². The Morgan fingerprint density at radius 1 is 1.08 bits per heavy atom. The zero-order valence-electron chi connectivity index (χ0n) is 22.7. The smallest absolute Gasteiger partial charge is 0.258 e. The van der Waals surface area contributed by atoms with Crippen molar-refractivity contribution in [3.63, 3.8) is 0 Å². The molecular formula is C30H38F3N3O3. The summed E-state index contributed by atoms with van der Waals surface area (Å²) in [5.41, 5.74) is 4.96. The molecule has 4 rings (SSSR count). The normalized spacial score (nSPS) is 20.8. The maximum atomic E-state index is 14.9. The van der Waals surface area contributed by atoms with E-state index in [0.29, 0.717) is 48.8 Å². The van der Waals surface area contributed by atoms with E-state index in [0.717, 1.165) is 30.8 Å². The minimum atomic E-state index is -1.39. The number of halogens is 3. The van der Waals surface area contributed by atoms with Gasteiger partial charge in [-0.05, 0) is 74.0 Å². The molecule has 2 saturated heterocycles. The van der Waals surface area contributed by atoms with E-state index in [1.165, 1.54) is 12.1 Å². The first-order valence-electron chi connectivity index (χ1n) is 13.8. The number of nitrogens with zero attached hydrogens (tertiary/aromatic N) is 2. The number of ether oxygens (including phenoxy) is 1. The average Bonchev–Trinajstić information content (AvgIpc) is 3.34. The summed E-state index contributed by atoms with van der Waals surface area (Å²) in [6.45, 7) is 6.23. The molecule has 9 heteroatoms. The second-order valence-corrected chi connectivity index (χ2v) is 10.8. The molecule has 0 saturated carbocycles. The van der Waals surface area contributed by atoms with Crippen molar-refractivity contribution >= 4 is 11.8 Å². The van der Waals surface area contributed by atoms with Crippen molar-refractivity contribution in [2.45, 2.75) is 63.8 Å². The SMILES string of the molecule is CCC(F)(CC)CN1CCC(COc2ccc(-c3cccc(F)c3C(=O)N3C[C@@H](F)C[C@H]3C(N)=O)cc2)CC1. The highest BCUT2D eigenvalue weighted by molar-refractivity contribution is 6.03. The zero-order valence-corrected chi connectivity index (χ0v) is 22.7. The van der Waals surface area contributed by atoms with E-state index in [1.54, 1.807) is 30.3 Å². The number of alkyl halides is 2. The molecule has 212 valence electrons. The van der Waals surface area contributed by atoms with Gasteiger partial charge < -0.3 is 20.3 Å². The third kappa shape index (κ3) is 6.75. The zero-order chi connectivity index (χ0) is 28.2. The molecule has 2 aromatic rings. The number of hydrogen-bond acceptors (Lipinski definition) is 4. The van der Waals surface area contributed by atoms with Crippen molar-refractivity contribution in [3.05, 3.63) is 53.8 Å². The van der Waals surface area contributed by atoms with Crippen LogP contribution in [0, 0.1) is 11.7 Å². The Bertz CT molecular complexity index is 1150. The lowest BCUT2D eigenvalue weighted by atomic mass is 9.94. The second-order valence-electron chi connectivity index (χ2n) is 10.8. The van der Waals surface area contributed by atoms with Gasteiger partial charge >= 0.3 is 0 Å². The highest BCUT2D eigenvalue weighted by Crippen LogP contribution is 2.32. The molecule has 0 aliphatic carbocycles. The maximum absolute atomic E-state index is 14.9. The van der Waals surface area contributed by atoms with Crippen LogP contribution < -0.4 is 10.5 Å². The van der Waals surface area contributed by atoms with E-state index in [9.17, 15) is 22.8 Å². The molecule has 6 nitrogen and oxygen atoms in total. The molecule has 0 spiro atoms. The van der Waals surface area contributed by atoms with E-state index in [1.807, 2.05) is 13.8 Å². The quantitative estimate of drug-likeness (QED) is 0.448. The number of rotatable bonds is 10. The van der Waals surface area contributed by atoms with Gasteiger partial charge in [-0.2, -0.15) is 0 Å². The fourth-order valence-electron chi connectivity index (χ4n) is 5.53. The minimum absolute atomic E-state index is 0.190. The van der Waals surface area contributed by atoms with Gasteiger partial charge in [-0.1, -0.05) is 38.1 Å². The standard InChI is InChI=1S/C30H38F3N3O3/c1-3-30(33,4-2)19-35-14-12-20(13-15-35)18-39-23-10-8-21(9-11-23)24-6-5-7-25(32)27(24)29(38)36-17-22(31)16-26(36)28(34)37/h5-11,20,22,26H,3-4,12-19H2,1-2H3,(H2,34,37)/t22-,26-/m0/s1. The van der Waals surface area contributed by atoms with Crippen LogP contribution in [0.4, 0.5) is 13.2 Å². The van der Waals surface area contributed by atoms with Gasteiger partial charge in [0.1, 0.15) is 29.4 Å². The molecule has 2 N–H and O–H groups in total. The number of carbonyl (C=O) groups excluding carboxylic acids is 2. The van der Waals surface area contributed by atoms with Crippen LogP contribution in [0.15, 0.2) is 42.5 Å². The van der Waals surface area contributed by atoms with E-state index >= 15 is 0 Å². The van der Waals surface area contributed by atoms with Crippen LogP contribution in [0.25, 0.3) is 11.1 Å². The summed E-state index contributed by atoms with van der Waals surface area (Å²) < 4.78 is 49.7. The summed E-state index contributed by atoms with van der Waals surface area (Å²) >= 11 is 0. The molecule has 2 amide bonds. The fourth-order valence-corrected chi connectivity index (χ4v) is 5.53. The Labute approximate surface area is 228 Å². The van der Waals surface area contributed by atoms with Crippen LogP contribution >= 0.6 is 0 Å². The van der Waals surface area contributed by atoms with Crippen LogP contribution in [0.3, 0.4) is 0 Å². The van der Waals surface area contributed by atoms with Gasteiger partial charge in [0.05, 0.1) is 18.7 Å². The molecule has 0 bridgehead atoms. The third-order valence-corrected chi connectivity index (χ3v) is 8.20. The van der Waals surface area contributed by atoms with Crippen molar-refractivity contribution < 1.29 is 27.5 Å². The molecular weight excluding hydrogens is 507 g/mol. The monoisotopic (exact) mass is 545 g/mol. The molecule has 2 aliphatic rings. The number of primary amides is 1. The van der Waals surface area contributed by atoms with Crippen molar-refractivity contribution in [1.82, 2.24) is 9.80 Å². The summed E-state index contributed by atoms with van der Waals surface area (Å²) in [6.07, 6.45) is 1.35. The molecule has 0 radical (unpaired) electrons. The second kappa shape index (κ2) is 12.4. The lowest BCUT2D eigenvalue weighted by Crippen LogP contribution is -2.44.